The largest absolute Gasteiger partial charge is 0.419 e. The van der Waals surface area contributed by atoms with Gasteiger partial charge in [0.15, 0.2) is 5.58 Å². The van der Waals surface area contributed by atoms with Crippen molar-refractivity contribution in [2.75, 3.05) is 0 Å². The van der Waals surface area contributed by atoms with Crippen molar-refractivity contribution in [2.24, 2.45) is 0 Å². The van der Waals surface area contributed by atoms with Crippen LogP contribution in [-0.4, -0.2) is 9.78 Å². The zero-order valence-corrected chi connectivity index (χ0v) is 12.3. The van der Waals surface area contributed by atoms with Crippen LogP contribution >= 0.6 is 0 Å². The highest BCUT2D eigenvalue weighted by Gasteiger charge is 2.16. The third kappa shape index (κ3) is 1.77. The maximum atomic E-state index is 12.1. The molecule has 108 valence electrons. The van der Waals surface area contributed by atoms with Crippen molar-refractivity contribution in [2.45, 2.75) is 13.8 Å². The molecule has 2 aromatic heterocycles. The molecule has 0 N–H and O–H groups in total. The number of rotatable bonds is 1. The van der Waals surface area contributed by atoms with Crippen molar-refractivity contribution in [1.82, 2.24) is 9.78 Å². The van der Waals surface area contributed by atoms with Gasteiger partial charge in [0.25, 0.3) is 0 Å². The summed E-state index contributed by atoms with van der Waals surface area (Å²) in [6.45, 7) is 3.90. The molecule has 2 heterocycles. The Hall–Kier alpha value is -2.88. The van der Waals surface area contributed by atoms with Crippen LogP contribution in [0.4, 0.5) is 0 Å². The zero-order chi connectivity index (χ0) is 15.3. The van der Waals surface area contributed by atoms with Gasteiger partial charge in [-0.3, -0.25) is 0 Å². The molecule has 0 aliphatic carbocycles. The van der Waals surface area contributed by atoms with Crippen LogP contribution in [0.3, 0.4) is 0 Å². The first-order chi connectivity index (χ1) is 10.6. The lowest BCUT2D eigenvalue weighted by Gasteiger charge is -2.05. The van der Waals surface area contributed by atoms with Gasteiger partial charge in [-0.1, -0.05) is 35.9 Å². The van der Waals surface area contributed by atoms with E-state index < -0.39 is 0 Å². The Kier molecular flexibility index (Phi) is 2.66. The summed E-state index contributed by atoms with van der Waals surface area (Å²) in [6.07, 6.45) is 0. The first-order valence-corrected chi connectivity index (χ1v) is 7.13. The molecule has 0 aliphatic heterocycles. The summed E-state index contributed by atoms with van der Waals surface area (Å²) in [5, 5.41) is 5.99. The van der Waals surface area contributed by atoms with Gasteiger partial charge in [0.2, 0.25) is 0 Å². The molecule has 0 bridgehead atoms. The molecule has 0 spiro atoms. The highest BCUT2D eigenvalue weighted by Crippen LogP contribution is 2.27. The van der Waals surface area contributed by atoms with Gasteiger partial charge in [0, 0.05) is 5.39 Å². The Morgan fingerprint density at radius 1 is 0.955 bits per heavy atom. The lowest BCUT2D eigenvalue weighted by Crippen LogP contribution is -2.01. The Balaban J connectivity index is 2.18. The molecule has 22 heavy (non-hydrogen) atoms. The fourth-order valence-corrected chi connectivity index (χ4v) is 2.76. The molecule has 0 fully saturated rings. The molecule has 4 rings (SSSR count). The van der Waals surface area contributed by atoms with Crippen LogP contribution in [0.5, 0.6) is 0 Å². The van der Waals surface area contributed by atoms with Gasteiger partial charge in [-0.15, -0.1) is 0 Å². The molecule has 0 atom stereocenters. The third-order valence-electron chi connectivity index (χ3n) is 3.88. The van der Waals surface area contributed by atoms with Crippen LogP contribution < -0.4 is 5.63 Å². The minimum Gasteiger partial charge on any atom is -0.419 e. The molecule has 4 aromatic rings. The molecule has 0 unspecified atom stereocenters. The Bertz CT molecular complexity index is 1060. The van der Waals surface area contributed by atoms with Gasteiger partial charge in [0.05, 0.1) is 11.1 Å². The van der Waals surface area contributed by atoms with Crippen molar-refractivity contribution < 1.29 is 4.42 Å². The quantitative estimate of drug-likeness (QED) is 0.536. The lowest BCUT2D eigenvalue weighted by molar-refractivity contribution is 0.567. The predicted molar refractivity (Wildman–Crippen MR) is 86.6 cm³/mol. The molecule has 0 amide bonds. The van der Waals surface area contributed by atoms with Crippen molar-refractivity contribution >= 4 is 21.9 Å². The molecule has 4 nitrogen and oxygen atoms in total. The maximum Gasteiger partial charge on any atom is 0.344 e. The predicted octanol–water partition coefficient (Wildman–Crippen LogP) is 3.75. The van der Waals surface area contributed by atoms with Gasteiger partial charge in [-0.25, -0.2) is 9.48 Å². The normalized spacial score (nSPS) is 11.4. The van der Waals surface area contributed by atoms with Crippen LogP contribution in [0, 0.1) is 13.8 Å². The fraction of sp³-hybridized carbons (Fsp3) is 0.111. The third-order valence-corrected chi connectivity index (χ3v) is 3.88. The molecular formula is C18H14N2O2. The number of aryl methyl sites for hydroxylation is 2. The minimum absolute atomic E-state index is 0.324. The summed E-state index contributed by atoms with van der Waals surface area (Å²) in [7, 11) is 0. The number of aromatic nitrogens is 2. The van der Waals surface area contributed by atoms with E-state index in [1.54, 1.807) is 6.07 Å². The lowest BCUT2D eigenvalue weighted by atomic mass is 10.1. The molecule has 0 radical (unpaired) electrons. The Labute approximate surface area is 126 Å². The average Bonchev–Trinajstić information content (AvgIpc) is 2.86. The number of nitrogens with zero attached hydrogens (tertiary/aromatic N) is 2. The zero-order valence-electron chi connectivity index (χ0n) is 12.3. The first kappa shape index (κ1) is 12.8. The number of hydrogen-bond acceptors (Lipinski definition) is 3. The SMILES string of the molecule is Cc1ccc(-n2nc(C)c3oc(=O)c4ccccc4c32)cc1. The van der Waals surface area contributed by atoms with E-state index in [-0.39, 0.29) is 5.63 Å². The van der Waals surface area contributed by atoms with E-state index in [2.05, 4.69) is 5.10 Å². The summed E-state index contributed by atoms with van der Waals surface area (Å²) in [5.74, 6) is 0. The second-order valence-corrected chi connectivity index (χ2v) is 5.45. The van der Waals surface area contributed by atoms with Crippen LogP contribution in [0.15, 0.2) is 57.7 Å². The van der Waals surface area contributed by atoms with Crippen molar-refractivity contribution in [1.29, 1.82) is 0 Å². The standard InChI is InChI=1S/C18H14N2O2/c1-11-7-9-13(10-8-11)20-16-14-5-3-4-6-15(14)18(21)22-17(16)12(2)19-20/h3-10H,1-2H3. The van der Waals surface area contributed by atoms with Gasteiger partial charge in [0.1, 0.15) is 11.2 Å². The first-order valence-electron chi connectivity index (χ1n) is 7.13. The van der Waals surface area contributed by atoms with Crippen LogP contribution in [-0.2, 0) is 0 Å². The number of hydrogen-bond donors (Lipinski definition) is 0. The monoisotopic (exact) mass is 290 g/mol. The van der Waals surface area contributed by atoms with E-state index in [1.807, 2.05) is 61.0 Å². The van der Waals surface area contributed by atoms with E-state index in [4.69, 9.17) is 4.42 Å². The van der Waals surface area contributed by atoms with Crippen molar-refractivity contribution in [3.63, 3.8) is 0 Å². The Morgan fingerprint density at radius 3 is 2.36 bits per heavy atom. The van der Waals surface area contributed by atoms with Crippen molar-refractivity contribution in [3.05, 3.63) is 70.2 Å². The summed E-state index contributed by atoms with van der Waals surface area (Å²) >= 11 is 0. The summed E-state index contributed by atoms with van der Waals surface area (Å²) in [4.78, 5) is 12.1. The fourth-order valence-electron chi connectivity index (χ4n) is 2.76. The number of benzene rings is 2. The van der Waals surface area contributed by atoms with Crippen LogP contribution in [0.2, 0.25) is 0 Å². The van der Waals surface area contributed by atoms with Gasteiger partial charge < -0.3 is 4.42 Å². The van der Waals surface area contributed by atoms with Crippen LogP contribution in [0.1, 0.15) is 11.3 Å². The van der Waals surface area contributed by atoms with Gasteiger partial charge in [-0.2, -0.15) is 5.10 Å². The molecule has 0 aliphatic rings. The molecule has 0 saturated heterocycles. The van der Waals surface area contributed by atoms with Gasteiger partial charge >= 0.3 is 5.63 Å². The topological polar surface area (TPSA) is 48.0 Å². The van der Waals surface area contributed by atoms with E-state index in [0.29, 0.717) is 16.7 Å². The summed E-state index contributed by atoms with van der Waals surface area (Å²) in [6, 6.07) is 15.6. The highest BCUT2D eigenvalue weighted by molar-refractivity contribution is 6.03. The average molecular weight is 290 g/mol. The van der Waals surface area contributed by atoms with Gasteiger partial charge in [-0.05, 0) is 32.0 Å². The molecular weight excluding hydrogens is 276 g/mol. The van der Waals surface area contributed by atoms with E-state index in [9.17, 15) is 4.79 Å². The highest BCUT2D eigenvalue weighted by atomic mass is 16.4. The summed E-state index contributed by atoms with van der Waals surface area (Å²) < 4.78 is 7.34. The number of fused-ring (bicyclic) bond motifs is 3. The summed E-state index contributed by atoms with van der Waals surface area (Å²) in [5.41, 5.74) is 3.89. The van der Waals surface area contributed by atoms with Crippen LogP contribution in [0.25, 0.3) is 27.6 Å². The molecule has 4 heteroatoms. The second-order valence-electron chi connectivity index (χ2n) is 5.45. The molecule has 2 aromatic carbocycles. The van der Waals surface area contributed by atoms with Crippen molar-refractivity contribution in [3.8, 4) is 5.69 Å². The smallest absolute Gasteiger partial charge is 0.344 e. The van der Waals surface area contributed by atoms with E-state index >= 15 is 0 Å². The molecule has 0 saturated carbocycles. The van der Waals surface area contributed by atoms with E-state index in [0.717, 1.165) is 16.6 Å². The van der Waals surface area contributed by atoms with E-state index in [1.165, 1.54) is 5.56 Å². The maximum absolute atomic E-state index is 12.1. The second kappa shape index (κ2) is 4.56. The Morgan fingerprint density at radius 2 is 1.64 bits per heavy atom. The minimum atomic E-state index is -0.324.